The van der Waals surface area contributed by atoms with Gasteiger partial charge in [-0.25, -0.2) is 0 Å². The van der Waals surface area contributed by atoms with E-state index < -0.39 is 0 Å². The van der Waals surface area contributed by atoms with Gasteiger partial charge in [0.05, 0.1) is 6.54 Å². The van der Waals surface area contributed by atoms with Crippen LogP contribution in [0.5, 0.6) is 0 Å². The molecule has 0 aromatic rings. The van der Waals surface area contributed by atoms with Crippen LogP contribution in [-0.4, -0.2) is 55.0 Å². The molecule has 1 unspecified atom stereocenters. The van der Waals surface area contributed by atoms with Gasteiger partial charge in [-0.1, -0.05) is 6.92 Å². The van der Waals surface area contributed by atoms with Crippen molar-refractivity contribution >= 4 is 18.3 Å². The number of rotatable bonds is 3. The molecule has 2 saturated heterocycles. The lowest BCUT2D eigenvalue weighted by molar-refractivity contribution is -0.134. The van der Waals surface area contributed by atoms with Gasteiger partial charge >= 0.3 is 0 Å². The van der Waals surface area contributed by atoms with E-state index in [-0.39, 0.29) is 12.4 Å². The third-order valence-electron chi connectivity index (χ3n) is 4.43. The van der Waals surface area contributed by atoms with Crippen LogP contribution in [0.25, 0.3) is 0 Å². The lowest BCUT2D eigenvalue weighted by Crippen LogP contribution is -2.47. The Morgan fingerprint density at radius 1 is 1.21 bits per heavy atom. The monoisotopic (exact) mass is 289 g/mol. The molecule has 0 bridgehead atoms. The predicted molar refractivity (Wildman–Crippen MR) is 80.4 cm³/mol. The first kappa shape index (κ1) is 16.7. The van der Waals surface area contributed by atoms with E-state index in [4.69, 9.17) is 5.73 Å². The number of hydrogen-bond donors (Lipinski definition) is 1. The molecule has 0 aromatic carbocycles. The number of hydrogen-bond acceptors (Lipinski definition) is 3. The number of likely N-dealkylation sites (tertiary alicyclic amines) is 2. The third kappa shape index (κ3) is 4.93. The zero-order valence-corrected chi connectivity index (χ0v) is 12.8. The van der Waals surface area contributed by atoms with Crippen LogP contribution < -0.4 is 5.73 Å². The van der Waals surface area contributed by atoms with E-state index in [0.29, 0.717) is 18.4 Å². The second kappa shape index (κ2) is 8.08. The van der Waals surface area contributed by atoms with Gasteiger partial charge in [-0.15, -0.1) is 12.4 Å². The molecule has 1 amide bonds. The maximum atomic E-state index is 12.2. The molecule has 19 heavy (non-hydrogen) atoms. The zero-order valence-electron chi connectivity index (χ0n) is 12.0. The summed E-state index contributed by atoms with van der Waals surface area (Å²) in [5.74, 6) is 1.69. The molecule has 0 aromatic heterocycles. The summed E-state index contributed by atoms with van der Waals surface area (Å²) in [6.07, 6.45) is 4.74. The van der Waals surface area contributed by atoms with E-state index in [0.717, 1.165) is 51.5 Å². The second-order valence-electron chi connectivity index (χ2n) is 6.04. The molecule has 0 aliphatic carbocycles. The largest absolute Gasteiger partial charge is 0.342 e. The van der Waals surface area contributed by atoms with Gasteiger partial charge < -0.3 is 10.6 Å². The van der Waals surface area contributed by atoms with E-state index in [9.17, 15) is 4.79 Å². The van der Waals surface area contributed by atoms with E-state index in [1.54, 1.807) is 0 Å². The molecule has 0 saturated carbocycles. The SMILES string of the molecule is CC1CCN(C(=O)CN2CCCC(CN)C2)CC1.Cl. The Balaban J connectivity index is 0.00000180. The van der Waals surface area contributed by atoms with E-state index in [1.807, 2.05) is 4.90 Å². The standard InChI is InChI=1S/C14H27N3O.ClH/c1-12-4-7-17(8-5-12)14(18)11-16-6-2-3-13(9-15)10-16;/h12-13H,2-11,15H2,1H3;1H. The first-order valence-corrected chi connectivity index (χ1v) is 7.39. The highest BCUT2D eigenvalue weighted by molar-refractivity contribution is 5.85. The fourth-order valence-electron chi connectivity index (χ4n) is 3.04. The lowest BCUT2D eigenvalue weighted by Gasteiger charge is -2.35. The van der Waals surface area contributed by atoms with Crippen LogP contribution >= 0.6 is 12.4 Å². The van der Waals surface area contributed by atoms with Crippen molar-refractivity contribution in [1.82, 2.24) is 9.80 Å². The number of piperidine rings is 2. The van der Waals surface area contributed by atoms with Crippen LogP contribution in [0, 0.1) is 11.8 Å². The molecular weight excluding hydrogens is 262 g/mol. The van der Waals surface area contributed by atoms with Crippen molar-refractivity contribution in [2.75, 3.05) is 39.3 Å². The maximum Gasteiger partial charge on any atom is 0.236 e. The highest BCUT2D eigenvalue weighted by Gasteiger charge is 2.24. The van der Waals surface area contributed by atoms with Gasteiger partial charge in [0.1, 0.15) is 0 Å². The topological polar surface area (TPSA) is 49.6 Å². The second-order valence-corrected chi connectivity index (χ2v) is 6.04. The summed E-state index contributed by atoms with van der Waals surface area (Å²) in [6.45, 7) is 7.61. The Morgan fingerprint density at radius 3 is 2.53 bits per heavy atom. The fourth-order valence-corrected chi connectivity index (χ4v) is 3.04. The first-order valence-electron chi connectivity index (χ1n) is 7.39. The summed E-state index contributed by atoms with van der Waals surface area (Å²) >= 11 is 0. The van der Waals surface area contributed by atoms with Crippen molar-refractivity contribution in [3.05, 3.63) is 0 Å². The van der Waals surface area contributed by atoms with Crippen molar-refractivity contribution in [1.29, 1.82) is 0 Å². The van der Waals surface area contributed by atoms with Crippen LogP contribution in [0.4, 0.5) is 0 Å². The molecule has 2 rings (SSSR count). The van der Waals surface area contributed by atoms with Crippen molar-refractivity contribution in [2.45, 2.75) is 32.6 Å². The van der Waals surface area contributed by atoms with Crippen LogP contribution in [0.2, 0.25) is 0 Å². The zero-order chi connectivity index (χ0) is 13.0. The molecule has 2 aliphatic heterocycles. The maximum absolute atomic E-state index is 12.2. The van der Waals surface area contributed by atoms with E-state index in [1.165, 1.54) is 12.8 Å². The fraction of sp³-hybridized carbons (Fsp3) is 0.929. The van der Waals surface area contributed by atoms with Gasteiger partial charge in [0.2, 0.25) is 5.91 Å². The molecule has 1 atom stereocenters. The number of carbonyl (C=O) groups is 1. The molecule has 2 fully saturated rings. The Hall–Kier alpha value is -0.320. The van der Waals surface area contributed by atoms with E-state index in [2.05, 4.69) is 11.8 Å². The van der Waals surface area contributed by atoms with Gasteiger partial charge in [0.15, 0.2) is 0 Å². The van der Waals surface area contributed by atoms with Crippen LogP contribution in [0.1, 0.15) is 32.6 Å². The summed E-state index contributed by atoms with van der Waals surface area (Å²) in [5, 5.41) is 0. The molecule has 2 aliphatic rings. The molecule has 112 valence electrons. The number of halogens is 1. The first-order chi connectivity index (χ1) is 8.69. The third-order valence-corrected chi connectivity index (χ3v) is 4.43. The molecule has 2 heterocycles. The van der Waals surface area contributed by atoms with Crippen LogP contribution in [0.15, 0.2) is 0 Å². The Morgan fingerprint density at radius 2 is 1.89 bits per heavy atom. The van der Waals surface area contributed by atoms with Crippen LogP contribution in [0.3, 0.4) is 0 Å². The molecule has 5 heteroatoms. The predicted octanol–water partition coefficient (Wildman–Crippen LogP) is 1.34. The van der Waals surface area contributed by atoms with Crippen molar-refractivity contribution in [2.24, 2.45) is 17.6 Å². The quantitative estimate of drug-likeness (QED) is 0.853. The highest BCUT2D eigenvalue weighted by atomic mass is 35.5. The van der Waals surface area contributed by atoms with Gasteiger partial charge in [0, 0.05) is 19.6 Å². The minimum atomic E-state index is 0. The average molecular weight is 290 g/mol. The molecule has 2 N–H and O–H groups in total. The summed E-state index contributed by atoms with van der Waals surface area (Å²) in [5.41, 5.74) is 5.73. The number of amides is 1. The smallest absolute Gasteiger partial charge is 0.236 e. The Kier molecular flexibility index (Phi) is 7.11. The van der Waals surface area contributed by atoms with Gasteiger partial charge in [-0.3, -0.25) is 9.69 Å². The minimum absolute atomic E-state index is 0. The minimum Gasteiger partial charge on any atom is -0.342 e. The highest BCUT2D eigenvalue weighted by Crippen LogP contribution is 2.18. The van der Waals surface area contributed by atoms with Gasteiger partial charge in [-0.2, -0.15) is 0 Å². The molecule has 0 spiro atoms. The van der Waals surface area contributed by atoms with Crippen molar-refractivity contribution in [3.63, 3.8) is 0 Å². The van der Waals surface area contributed by atoms with Gasteiger partial charge in [-0.05, 0) is 50.6 Å². The normalized spacial score (nSPS) is 26.0. The molecular formula is C14H28ClN3O. The van der Waals surface area contributed by atoms with Gasteiger partial charge in [0.25, 0.3) is 0 Å². The van der Waals surface area contributed by atoms with E-state index >= 15 is 0 Å². The Bertz CT molecular complexity index is 280. The molecule has 4 nitrogen and oxygen atoms in total. The number of nitrogens with two attached hydrogens (primary N) is 1. The van der Waals surface area contributed by atoms with Crippen LogP contribution in [-0.2, 0) is 4.79 Å². The summed E-state index contributed by atoms with van der Waals surface area (Å²) in [4.78, 5) is 16.6. The summed E-state index contributed by atoms with van der Waals surface area (Å²) < 4.78 is 0. The Labute approximate surface area is 123 Å². The van der Waals surface area contributed by atoms with Crippen molar-refractivity contribution < 1.29 is 4.79 Å². The summed E-state index contributed by atoms with van der Waals surface area (Å²) in [7, 11) is 0. The van der Waals surface area contributed by atoms with Crippen molar-refractivity contribution in [3.8, 4) is 0 Å². The average Bonchev–Trinajstić information content (AvgIpc) is 2.39. The lowest BCUT2D eigenvalue weighted by atomic mass is 9.97. The summed E-state index contributed by atoms with van der Waals surface area (Å²) in [6, 6.07) is 0. The number of nitrogens with zero attached hydrogens (tertiary/aromatic N) is 2. The number of carbonyl (C=O) groups excluding carboxylic acids is 1. The molecule has 0 radical (unpaired) electrons.